The second-order valence-electron chi connectivity index (χ2n) is 2.61. The summed E-state index contributed by atoms with van der Waals surface area (Å²) in [5.41, 5.74) is 0.0181. The summed E-state index contributed by atoms with van der Waals surface area (Å²) < 4.78 is 25.2. The van der Waals surface area contributed by atoms with Crippen LogP contribution >= 0.6 is 23.2 Å². The van der Waals surface area contributed by atoms with Gasteiger partial charge in [0.1, 0.15) is 5.38 Å². The van der Waals surface area contributed by atoms with Crippen molar-refractivity contribution in [2.75, 3.05) is 5.88 Å². The molecular weight excluding hydrogens is 233 g/mol. The van der Waals surface area contributed by atoms with Crippen LogP contribution < -0.4 is 0 Å². The number of hydrogen-bond donors (Lipinski definition) is 0. The maximum absolute atomic E-state index is 12.7. The first-order valence-corrected chi connectivity index (χ1v) is 4.72. The number of alkyl halides is 2. The Balaban J connectivity index is 2.97. The van der Waals surface area contributed by atoms with Crippen LogP contribution in [0.25, 0.3) is 0 Å². The molecular formula is C9H6Cl2F2O. The van der Waals surface area contributed by atoms with Crippen molar-refractivity contribution in [2.45, 2.75) is 5.38 Å². The topological polar surface area (TPSA) is 17.1 Å². The van der Waals surface area contributed by atoms with Crippen LogP contribution in [0.3, 0.4) is 0 Å². The van der Waals surface area contributed by atoms with E-state index in [0.717, 1.165) is 12.1 Å². The molecule has 0 radical (unpaired) electrons. The number of halogens is 4. The smallest absolute Gasteiger partial charge is 0.181 e. The van der Waals surface area contributed by atoms with Crippen molar-refractivity contribution in [3.8, 4) is 0 Å². The summed E-state index contributed by atoms with van der Waals surface area (Å²) in [5.74, 6) is -2.66. The Morgan fingerprint density at radius 2 is 2.00 bits per heavy atom. The maximum Gasteiger partial charge on any atom is 0.181 e. The van der Waals surface area contributed by atoms with E-state index in [1.165, 1.54) is 6.07 Å². The zero-order chi connectivity index (χ0) is 10.7. The minimum Gasteiger partial charge on any atom is -0.292 e. The number of benzene rings is 1. The van der Waals surface area contributed by atoms with Crippen LogP contribution in [-0.4, -0.2) is 17.0 Å². The zero-order valence-electron chi connectivity index (χ0n) is 6.94. The van der Waals surface area contributed by atoms with E-state index in [1.54, 1.807) is 0 Å². The van der Waals surface area contributed by atoms with Gasteiger partial charge in [0.2, 0.25) is 0 Å². The number of hydrogen-bond acceptors (Lipinski definition) is 1. The summed E-state index contributed by atoms with van der Waals surface area (Å²) in [5, 5.41) is -0.915. The fourth-order valence-corrected chi connectivity index (χ4v) is 1.17. The first kappa shape index (κ1) is 11.4. The van der Waals surface area contributed by atoms with Gasteiger partial charge in [-0.05, 0) is 18.2 Å². The molecule has 0 fully saturated rings. The Bertz CT molecular complexity index is 355. The molecule has 76 valence electrons. The normalized spacial score (nSPS) is 12.6. The zero-order valence-corrected chi connectivity index (χ0v) is 8.45. The van der Waals surface area contributed by atoms with E-state index in [0.29, 0.717) is 0 Å². The van der Waals surface area contributed by atoms with Crippen LogP contribution in [0, 0.1) is 11.6 Å². The number of carbonyl (C=O) groups is 1. The van der Waals surface area contributed by atoms with Gasteiger partial charge in [-0.2, -0.15) is 0 Å². The van der Waals surface area contributed by atoms with Gasteiger partial charge in [-0.3, -0.25) is 4.79 Å². The Morgan fingerprint density at radius 3 is 2.50 bits per heavy atom. The Morgan fingerprint density at radius 1 is 1.36 bits per heavy atom. The second kappa shape index (κ2) is 4.71. The lowest BCUT2D eigenvalue weighted by atomic mass is 10.1. The summed E-state index contributed by atoms with van der Waals surface area (Å²) >= 11 is 10.9. The van der Waals surface area contributed by atoms with Gasteiger partial charge in [0.15, 0.2) is 17.4 Å². The van der Waals surface area contributed by atoms with Crippen LogP contribution in [0.2, 0.25) is 0 Å². The van der Waals surface area contributed by atoms with E-state index in [4.69, 9.17) is 23.2 Å². The van der Waals surface area contributed by atoms with Gasteiger partial charge >= 0.3 is 0 Å². The fraction of sp³-hybridized carbons (Fsp3) is 0.222. The largest absolute Gasteiger partial charge is 0.292 e. The van der Waals surface area contributed by atoms with Gasteiger partial charge in [0.25, 0.3) is 0 Å². The van der Waals surface area contributed by atoms with Crippen molar-refractivity contribution >= 4 is 29.0 Å². The molecule has 1 nitrogen and oxygen atoms in total. The highest BCUT2D eigenvalue weighted by Gasteiger charge is 2.17. The number of ketones is 1. The van der Waals surface area contributed by atoms with E-state index in [2.05, 4.69) is 0 Å². The summed E-state index contributed by atoms with van der Waals surface area (Å²) in [6, 6.07) is 2.85. The molecule has 0 aliphatic carbocycles. The minimum absolute atomic E-state index is 0.0181. The number of Topliss-reactive ketones (excluding diaryl/α,β-unsaturated/α-hetero) is 1. The van der Waals surface area contributed by atoms with Crippen molar-refractivity contribution < 1.29 is 13.6 Å². The molecule has 0 aliphatic heterocycles. The maximum atomic E-state index is 12.7. The van der Waals surface area contributed by atoms with Crippen LogP contribution in [0.5, 0.6) is 0 Å². The molecule has 0 aliphatic rings. The molecule has 0 saturated carbocycles. The van der Waals surface area contributed by atoms with Crippen molar-refractivity contribution in [3.05, 3.63) is 35.4 Å². The highest BCUT2D eigenvalue weighted by Crippen LogP contribution is 2.13. The molecule has 0 heterocycles. The monoisotopic (exact) mass is 238 g/mol. The van der Waals surface area contributed by atoms with Gasteiger partial charge in [0, 0.05) is 11.4 Å². The third-order valence-corrected chi connectivity index (χ3v) is 2.44. The third kappa shape index (κ3) is 2.42. The van der Waals surface area contributed by atoms with E-state index in [9.17, 15) is 13.6 Å². The molecule has 1 unspecified atom stereocenters. The third-order valence-electron chi connectivity index (χ3n) is 1.62. The molecule has 1 atom stereocenters. The van der Waals surface area contributed by atoms with E-state index in [1.807, 2.05) is 0 Å². The fourth-order valence-electron chi connectivity index (χ4n) is 0.900. The van der Waals surface area contributed by atoms with Crippen LogP contribution in [0.1, 0.15) is 10.4 Å². The summed E-state index contributed by atoms with van der Waals surface area (Å²) in [6.07, 6.45) is 0. The molecule has 0 aromatic heterocycles. The Kier molecular flexibility index (Phi) is 3.84. The lowest BCUT2D eigenvalue weighted by molar-refractivity contribution is 0.0992. The average molecular weight is 239 g/mol. The van der Waals surface area contributed by atoms with Crippen LogP contribution in [-0.2, 0) is 0 Å². The van der Waals surface area contributed by atoms with Crippen molar-refractivity contribution in [1.29, 1.82) is 0 Å². The second-order valence-corrected chi connectivity index (χ2v) is 3.45. The predicted octanol–water partition coefficient (Wildman–Crippen LogP) is 2.99. The first-order valence-electron chi connectivity index (χ1n) is 3.75. The molecule has 0 amide bonds. The Hall–Kier alpha value is -0.670. The molecule has 0 N–H and O–H groups in total. The highest BCUT2D eigenvalue weighted by atomic mass is 35.5. The van der Waals surface area contributed by atoms with Crippen molar-refractivity contribution in [2.24, 2.45) is 0 Å². The van der Waals surface area contributed by atoms with E-state index in [-0.39, 0.29) is 11.4 Å². The van der Waals surface area contributed by atoms with Gasteiger partial charge in [-0.25, -0.2) is 8.78 Å². The molecule has 1 aromatic carbocycles. The number of carbonyl (C=O) groups excluding carboxylic acids is 1. The quantitative estimate of drug-likeness (QED) is 0.585. The van der Waals surface area contributed by atoms with E-state index < -0.39 is 22.8 Å². The minimum atomic E-state index is -1.07. The lowest BCUT2D eigenvalue weighted by Gasteiger charge is -2.04. The van der Waals surface area contributed by atoms with Crippen LogP contribution in [0.15, 0.2) is 18.2 Å². The molecule has 1 aromatic rings. The van der Waals surface area contributed by atoms with Gasteiger partial charge < -0.3 is 0 Å². The van der Waals surface area contributed by atoms with Gasteiger partial charge in [0.05, 0.1) is 0 Å². The first-order chi connectivity index (χ1) is 6.56. The lowest BCUT2D eigenvalue weighted by Crippen LogP contribution is -2.16. The summed E-state index contributed by atoms with van der Waals surface area (Å²) in [6.45, 7) is 0. The predicted molar refractivity (Wildman–Crippen MR) is 51.0 cm³/mol. The highest BCUT2D eigenvalue weighted by molar-refractivity contribution is 6.38. The van der Waals surface area contributed by atoms with Crippen LogP contribution in [0.4, 0.5) is 8.78 Å². The van der Waals surface area contributed by atoms with Crippen molar-refractivity contribution in [1.82, 2.24) is 0 Å². The molecule has 14 heavy (non-hydrogen) atoms. The standard InChI is InChI=1S/C9H6Cl2F2O/c10-4-6(11)9(14)5-1-2-7(12)8(13)3-5/h1-3,6H,4H2. The number of rotatable bonds is 3. The summed E-state index contributed by atoms with van der Waals surface area (Å²) in [4.78, 5) is 11.3. The molecule has 0 spiro atoms. The molecule has 0 bridgehead atoms. The SMILES string of the molecule is O=C(c1ccc(F)c(F)c1)C(Cl)CCl. The Labute approximate surface area is 89.6 Å². The van der Waals surface area contributed by atoms with Crippen molar-refractivity contribution in [3.63, 3.8) is 0 Å². The molecule has 0 saturated heterocycles. The summed E-state index contributed by atoms with van der Waals surface area (Å²) in [7, 11) is 0. The van der Waals surface area contributed by atoms with Gasteiger partial charge in [-0.15, -0.1) is 23.2 Å². The average Bonchev–Trinajstić information content (AvgIpc) is 2.20. The van der Waals surface area contributed by atoms with E-state index >= 15 is 0 Å². The molecule has 1 rings (SSSR count). The van der Waals surface area contributed by atoms with Gasteiger partial charge in [-0.1, -0.05) is 0 Å². The molecule has 5 heteroatoms.